The van der Waals surface area contributed by atoms with Crippen molar-refractivity contribution in [3.8, 4) is 0 Å². The summed E-state index contributed by atoms with van der Waals surface area (Å²) in [6.45, 7) is 0. The fraction of sp³-hybridized carbons (Fsp3) is 0. The summed E-state index contributed by atoms with van der Waals surface area (Å²) in [6, 6.07) is 2.94. The summed E-state index contributed by atoms with van der Waals surface area (Å²) in [4.78, 5) is 3.31. The monoisotopic (exact) mass is 139 g/mol. The summed E-state index contributed by atoms with van der Waals surface area (Å²) in [6.07, 6.45) is 1.31. The molecule has 0 bridgehead atoms. The fourth-order valence-corrected chi connectivity index (χ4v) is 0.587. The number of aromatic nitrogens is 1. The van der Waals surface area contributed by atoms with Crippen LogP contribution in [0.5, 0.6) is 0 Å². The number of nitrogen functional groups attached to an aromatic ring is 1. The number of nitrogens with one attached hydrogen (secondary N) is 1. The number of rotatable bonds is 1. The van der Waals surface area contributed by atoms with Crippen molar-refractivity contribution in [3.63, 3.8) is 0 Å². The topological polar surface area (TPSA) is 62.8 Å². The van der Waals surface area contributed by atoms with Gasteiger partial charge in [0.2, 0.25) is 5.95 Å². The molecule has 0 spiro atoms. The van der Waals surface area contributed by atoms with E-state index in [0.29, 0.717) is 0 Å². The minimum absolute atomic E-state index is 0.0440. The first-order chi connectivity index (χ1) is 4.72. The Bertz CT molecular complexity index is 259. The van der Waals surface area contributed by atoms with Gasteiger partial charge in [0.1, 0.15) is 5.84 Å². The van der Waals surface area contributed by atoms with Gasteiger partial charge < -0.3 is 5.73 Å². The summed E-state index contributed by atoms with van der Waals surface area (Å²) < 4.78 is 12.5. The predicted octanol–water partition coefficient (Wildman–Crippen LogP) is 0.505. The quantitative estimate of drug-likeness (QED) is 0.338. The molecule has 0 radical (unpaired) electrons. The van der Waals surface area contributed by atoms with E-state index in [1.165, 1.54) is 18.3 Å². The van der Waals surface area contributed by atoms with Gasteiger partial charge in [-0.2, -0.15) is 4.39 Å². The van der Waals surface area contributed by atoms with Gasteiger partial charge in [0, 0.05) is 6.20 Å². The molecule has 0 amide bonds. The van der Waals surface area contributed by atoms with Crippen LogP contribution in [0.2, 0.25) is 0 Å². The smallest absolute Gasteiger partial charge is 0.223 e. The number of nitrogens with two attached hydrogens (primary N) is 1. The maximum Gasteiger partial charge on any atom is 0.223 e. The molecule has 1 aromatic rings. The minimum atomic E-state index is -0.699. The van der Waals surface area contributed by atoms with E-state index in [2.05, 4.69) is 4.98 Å². The van der Waals surface area contributed by atoms with E-state index in [0.717, 1.165) is 0 Å². The van der Waals surface area contributed by atoms with Crippen molar-refractivity contribution in [2.45, 2.75) is 0 Å². The van der Waals surface area contributed by atoms with Gasteiger partial charge >= 0.3 is 0 Å². The predicted molar refractivity (Wildman–Crippen MR) is 35.2 cm³/mol. The first kappa shape index (κ1) is 6.67. The molecule has 3 N–H and O–H groups in total. The van der Waals surface area contributed by atoms with Gasteiger partial charge in [0.25, 0.3) is 0 Å². The van der Waals surface area contributed by atoms with E-state index >= 15 is 0 Å². The van der Waals surface area contributed by atoms with Gasteiger partial charge in [0.05, 0.1) is 5.56 Å². The number of hydrogen-bond acceptors (Lipinski definition) is 2. The average molecular weight is 139 g/mol. The van der Waals surface area contributed by atoms with Crippen LogP contribution in [0, 0.1) is 11.4 Å². The molecule has 0 saturated carbocycles. The van der Waals surface area contributed by atoms with Crippen molar-refractivity contribution in [2.75, 3.05) is 0 Å². The summed E-state index contributed by atoms with van der Waals surface area (Å²) in [7, 11) is 0. The third-order valence-electron chi connectivity index (χ3n) is 1.05. The molecular formula is C6H6FN3. The van der Waals surface area contributed by atoms with Gasteiger partial charge in [-0.25, -0.2) is 4.98 Å². The second-order valence-corrected chi connectivity index (χ2v) is 1.76. The maximum atomic E-state index is 12.5. The van der Waals surface area contributed by atoms with Gasteiger partial charge in [-0.3, -0.25) is 5.41 Å². The van der Waals surface area contributed by atoms with Crippen molar-refractivity contribution >= 4 is 5.84 Å². The summed E-state index contributed by atoms with van der Waals surface area (Å²) in [5.41, 5.74) is 5.06. The third-order valence-corrected chi connectivity index (χ3v) is 1.05. The summed E-state index contributed by atoms with van der Waals surface area (Å²) in [5.74, 6) is -0.999. The van der Waals surface area contributed by atoms with Crippen molar-refractivity contribution < 1.29 is 4.39 Å². The molecule has 10 heavy (non-hydrogen) atoms. The number of pyridine rings is 1. The standard InChI is InChI=1S/C6H6FN3/c7-5-4(6(8)9)2-1-3-10-5/h1-3H,(H3,8,9). The first-order valence-corrected chi connectivity index (χ1v) is 2.66. The average Bonchev–Trinajstić information content (AvgIpc) is 1.88. The molecular weight excluding hydrogens is 133 g/mol. The molecule has 1 rings (SSSR count). The fourth-order valence-electron chi connectivity index (χ4n) is 0.587. The molecule has 0 atom stereocenters. The van der Waals surface area contributed by atoms with Crippen LogP contribution in [0.15, 0.2) is 18.3 Å². The lowest BCUT2D eigenvalue weighted by Crippen LogP contribution is -2.13. The maximum absolute atomic E-state index is 12.5. The molecule has 0 aliphatic carbocycles. The Hall–Kier alpha value is -1.45. The Kier molecular flexibility index (Phi) is 1.62. The highest BCUT2D eigenvalue weighted by molar-refractivity contribution is 5.94. The molecule has 0 saturated heterocycles. The minimum Gasteiger partial charge on any atom is -0.384 e. The molecule has 3 nitrogen and oxygen atoms in total. The Morgan fingerprint density at radius 3 is 2.80 bits per heavy atom. The molecule has 4 heteroatoms. The second kappa shape index (κ2) is 2.43. The lowest BCUT2D eigenvalue weighted by Gasteiger charge is -1.95. The van der Waals surface area contributed by atoms with Gasteiger partial charge in [-0.1, -0.05) is 0 Å². The van der Waals surface area contributed by atoms with Crippen LogP contribution in [-0.2, 0) is 0 Å². The largest absolute Gasteiger partial charge is 0.384 e. The molecule has 0 aliphatic rings. The SMILES string of the molecule is N=C(N)c1cccnc1F. The zero-order valence-corrected chi connectivity index (χ0v) is 5.13. The van der Waals surface area contributed by atoms with Gasteiger partial charge in [-0.15, -0.1) is 0 Å². The molecule has 0 fully saturated rings. The Labute approximate surface area is 57.2 Å². The van der Waals surface area contributed by atoms with Crippen LogP contribution in [0.3, 0.4) is 0 Å². The highest BCUT2D eigenvalue weighted by Crippen LogP contribution is 2.00. The second-order valence-electron chi connectivity index (χ2n) is 1.76. The number of halogens is 1. The van der Waals surface area contributed by atoms with Gasteiger partial charge in [-0.05, 0) is 12.1 Å². The van der Waals surface area contributed by atoms with Crippen LogP contribution in [-0.4, -0.2) is 10.8 Å². The zero-order chi connectivity index (χ0) is 7.56. The lowest BCUT2D eigenvalue weighted by atomic mass is 10.2. The van der Waals surface area contributed by atoms with E-state index in [1.54, 1.807) is 0 Å². The Morgan fingerprint density at radius 2 is 2.40 bits per heavy atom. The van der Waals surface area contributed by atoms with Gasteiger partial charge in [0.15, 0.2) is 0 Å². The van der Waals surface area contributed by atoms with Crippen LogP contribution < -0.4 is 5.73 Å². The van der Waals surface area contributed by atoms with Crippen molar-refractivity contribution in [2.24, 2.45) is 5.73 Å². The molecule has 52 valence electrons. The zero-order valence-electron chi connectivity index (χ0n) is 5.13. The lowest BCUT2D eigenvalue weighted by molar-refractivity contribution is 0.581. The molecule has 0 unspecified atom stereocenters. The van der Waals surface area contributed by atoms with E-state index in [9.17, 15) is 4.39 Å². The molecule has 1 heterocycles. The number of hydrogen-bond donors (Lipinski definition) is 2. The third kappa shape index (κ3) is 1.10. The van der Waals surface area contributed by atoms with E-state index in [1.807, 2.05) is 0 Å². The van der Waals surface area contributed by atoms with Crippen LogP contribution >= 0.6 is 0 Å². The molecule has 0 aliphatic heterocycles. The summed E-state index contributed by atoms with van der Waals surface area (Å²) in [5, 5.41) is 6.87. The molecule has 0 aromatic carbocycles. The van der Waals surface area contributed by atoms with Crippen LogP contribution in [0.4, 0.5) is 4.39 Å². The van der Waals surface area contributed by atoms with E-state index in [-0.39, 0.29) is 11.4 Å². The summed E-state index contributed by atoms with van der Waals surface area (Å²) >= 11 is 0. The van der Waals surface area contributed by atoms with Crippen LogP contribution in [0.25, 0.3) is 0 Å². The van der Waals surface area contributed by atoms with Crippen LogP contribution in [0.1, 0.15) is 5.56 Å². The Morgan fingerprint density at radius 1 is 1.70 bits per heavy atom. The number of amidine groups is 1. The first-order valence-electron chi connectivity index (χ1n) is 2.66. The number of nitrogens with zero attached hydrogens (tertiary/aromatic N) is 1. The van der Waals surface area contributed by atoms with Crippen molar-refractivity contribution in [3.05, 3.63) is 29.8 Å². The van der Waals surface area contributed by atoms with E-state index < -0.39 is 5.95 Å². The highest BCUT2D eigenvalue weighted by atomic mass is 19.1. The molecule has 1 aromatic heterocycles. The highest BCUT2D eigenvalue weighted by Gasteiger charge is 2.02. The van der Waals surface area contributed by atoms with Crippen molar-refractivity contribution in [1.82, 2.24) is 4.98 Å². The van der Waals surface area contributed by atoms with Crippen molar-refractivity contribution in [1.29, 1.82) is 5.41 Å². The normalized spacial score (nSPS) is 9.30. The van der Waals surface area contributed by atoms with E-state index in [4.69, 9.17) is 11.1 Å². The Balaban J connectivity index is 3.15.